The van der Waals surface area contributed by atoms with Crippen molar-refractivity contribution in [2.75, 3.05) is 6.54 Å². The molecule has 0 radical (unpaired) electrons. The molecule has 20 heavy (non-hydrogen) atoms. The molecule has 0 fully saturated rings. The topological polar surface area (TPSA) is 24.9 Å². The van der Waals surface area contributed by atoms with Gasteiger partial charge < -0.3 is 5.32 Å². The second-order valence-electron chi connectivity index (χ2n) is 5.48. The zero-order valence-corrected chi connectivity index (χ0v) is 12.9. The number of hydrogen-bond donors (Lipinski definition) is 1. The molecule has 1 N–H and O–H groups in total. The predicted molar refractivity (Wildman–Crippen MR) is 85.0 cm³/mol. The highest BCUT2D eigenvalue weighted by atomic mass is 14.9. The molecule has 2 rings (SSSR count). The van der Waals surface area contributed by atoms with Gasteiger partial charge in [0.2, 0.25) is 0 Å². The Balaban J connectivity index is 2.30. The molecule has 2 heteroatoms. The Hall–Kier alpha value is -1.67. The lowest BCUT2D eigenvalue weighted by molar-refractivity contribution is 0.545. The van der Waals surface area contributed by atoms with Crippen LogP contribution in [0, 0.1) is 20.8 Å². The zero-order valence-electron chi connectivity index (χ0n) is 12.9. The first-order chi connectivity index (χ1) is 9.61. The van der Waals surface area contributed by atoms with Crippen molar-refractivity contribution in [2.45, 2.75) is 40.2 Å². The van der Waals surface area contributed by atoms with E-state index in [1.807, 2.05) is 12.4 Å². The minimum atomic E-state index is 0.350. The largest absolute Gasteiger partial charge is 0.310 e. The monoisotopic (exact) mass is 268 g/mol. The number of nitrogens with one attached hydrogen (secondary N) is 1. The number of aromatic nitrogens is 1. The first-order valence-electron chi connectivity index (χ1n) is 7.31. The van der Waals surface area contributed by atoms with Crippen molar-refractivity contribution in [3.8, 4) is 0 Å². The highest BCUT2D eigenvalue weighted by molar-refractivity contribution is 5.34. The van der Waals surface area contributed by atoms with Crippen molar-refractivity contribution in [3.63, 3.8) is 0 Å². The lowest BCUT2D eigenvalue weighted by atomic mass is 9.93. The number of hydrogen-bond acceptors (Lipinski definition) is 2. The van der Waals surface area contributed by atoms with E-state index in [-0.39, 0.29) is 0 Å². The first-order valence-corrected chi connectivity index (χ1v) is 7.31. The second kappa shape index (κ2) is 6.67. The fourth-order valence-electron chi connectivity index (χ4n) is 2.65. The van der Waals surface area contributed by atoms with Gasteiger partial charge in [-0.3, -0.25) is 4.98 Å². The highest BCUT2D eigenvalue weighted by Gasteiger charge is 2.14. The Labute approximate surface area is 122 Å². The van der Waals surface area contributed by atoms with E-state index in [1.54, 1.807) is 0 Å². The van der Waals surface area contributed by atoms with Gasteiger partial charge in [-0.15, -0.1) is 0 Å². The summed E-state index contributed by atoms with van der Waals surface area (Å²) in [5.41, 5.74) is 6.72. The smallest absolute Gasteiger partial charge is 0.0364 e. The van der Waals surface area contributed by atoms with Crippen LogP contribution in [0.1, 0.15) is 40.8 Å². The Morgan fingerprint density at radius 2 is 1.90 bits per heavy atom. The molecule has 2 nitrogen and oxygen atoms in total. The van der Waals surface area contributed by atoms with Gasteiger partial charge in [-0.2, -0.15) is 0 Å². The molecule has 0 aliphatic heterocycles. The zero-order chi connectivity index (χ0) is 14.5. The molecule has 0 saturated carbocycles. The van der Waals surface area contributed by atoms with Crippen LogP contribution in [0.25, 0.3) is 0 Å². The van der Waals surface area contributed by atoms with Gasteiger partial charge in [0.25, 0.3) is 0 Å². The molecule has 1 heterocycles. The number of benzene rings is 1. The van der Waals surface area contributed by atoms with Crippen LogP contribution in [-0.4, -0.2) is 11.5 Å². The van der Waals surface area contributed by atoms with Crippen molar-refractivity contribution in [2.24, 2.45) is 0 Å². The van der Waals surface area contributed by atoms with Gasteiger partial charge in [0.1, 0.15) is 0 Å². The van der Waals surface area contributed by atoms with Gasteiger partial charge in [0, 0.05) is 18.4 Å². The molecule has 0 bridgehead atoms. The molecular formula is C18H24N2. The molecule has 0 aliphatic rings. The highest BCUT2D eigenvalue weighted by Crippen LogP contribution is 2.23. The predicted octanol–water partition coefficient (Wildman–Crippen LogP) is 3.90. The SMILES string of the molecule is CCNC(Cc1cc(C)ccc1C)c1ccncc1C. The molecule has 1 aromatic heterocycles. The molecule has 2 aromatic rings. The third-order valence-electron chi connectivity index (χ3n) is 3.82. The van der Waals surface area contributed by atoms with E-state index in [0.717, 1.165) is 13.0 Å². The summed E-state index contributed by atoms with van der Waals surface area (Å²) in [5.74, 6) is 0. The summed E-state index contributed by atoms with van der Waals surface area (Å²) in [5, 5.41) is 3.61. The van der Waals surface area contributed by atoms with Gasteiger partial charge in [-0.05, 0) is 62.1 Å². The van der Waals surface area contributed by atoms with Gasteiger partial charge >= 0.3 is 0 Å². The summed E-state index contributed by atoms with van der Waals surface area (Å²) in [6, 6.07) is 9.18. The fourth-order valence-corrected chi connectivity index (χ4v) is 2.65. The molecule has 0 saturated heterocycles. The fraction of sp³-hybridized carbons (Fsp3) is 0.389. The van der Waals surface area contributed by atoms with E-state index in [2.05, 4.69) is 62.3 Å². The summed E-state index contributed by atoms with van der Waals surface area (Å²) in [6.07, 6.45) is 4.85. The van der Waals surface area contributed by atoms with Gasteiger partial charge in [-0.1, -0.05) is 30.7 Å². The molecular weight excluding hydrogens is 244 g/mol. The standard InChI is InChI=1S/C18H24N2/c1-5-20-18(17-8-9-19-12-15(17)4)11-16-10-13(2)6-7-14(16)3/h6-10,12,18,20H,5,11H2,1-4H3. The van der Waals surface area contributed by atoms with E-state index in [1.165, 1.54) is 27.8 Å². The van der Waals surface area contributed by atoms with Gasteiger partial charge in [0.15, 0.2) is 0 Å². The van der Waals surface area contributed by atoms with Crippen molar-refractivity contribution < 1.29 is 0 Å². The molecule has 1 atom stereocenters. The summed E-state index contributed by atoms with van der Waals surface area (Å²) in [6.45, 7) is 9.61. The molecule has 0 amide bonds. The van der Waals surface area contributed by atoms with E-state index in [0.29, 0.717) is 6.04 Å². The summed E-state index contributed by atoms with van der Waals surface area (Å²) < 4.78 is 0. The molecule has 0 aliphatic carbocycles. The number of aryl methyl sites for hydroxylation is 3. The Morgan fingerprint density at radius 3 is 2.60 bits per heavy atom. The lowest BCUT2D eigenvalue weighted by Gasteiger charge is -2.21. The van der Waals surface area contributed by atoms with E-state index in [4.69, 9.17) is 0 Å². The van der Waals surface area contributed by atoms with Crippen molar-refractivity contribution in [3.05, 3.63) is 64.5 Å². The average Bonchev–Trinajstić information content (AvgIpc) is 2.43. The number of rotatable bonds is 5. The van der Waals surface area contributed by atoms with Gasteiger partial charge in [0.05, 0.1) is 0 Å². The van der Waals surface area contributed by atoms with Crippen LogP contribution in [0.15, 0.2) is 36.7 Å². The molecule has 106 valence electrons. The van der Waals surface area contributed by atoms with Gasteiger partial charge in [-0.25, -0.2) is 0 Å². The van der Waals surface area contributed by atoms with Crippen molar-refractivity contribution in [1.29, 1.82) is 0 Å². The third kappa shape index (κ3) is 3.45. The molecule has 1 aromatic carbocycles. The number of nitrogens with zero attached hydrogens (tertiary/aromatic N) is 1. The van der Waals surface area contributed by atoms with Crippen LogP contribution in [0.2, 0.25) is 0 Å². The Morgan fingerprint density at radius 1 is 1.10 bits per heavy atom. The Bertz CT molecular complexity index is 575. The van der Waals surface area contributed by atoms with Crippen LogP contribution in [0.5, 0.6) is 0 Å². The van der Waals surface area contributed by atoms with Crippen molar-refractivity contribution >= 4 is 0 Å². The second-order valence-corrected chi connectivity index (χ2v) is 5.48. The summed E-state index contributed by atoms with van der Waals surface area (Å²) >= 11 is 0. The minimum Gasteiger partial charge on any atom is -0.310 e. The average molecular weight is 268 g/mol. The Kier molecular flexibility index (Phi) is 4.91. The third-order valence-corrected chi connectivity index (χ3v) is 3.82. The van der Waals surface area contributed by atoms with Crippen LogP contribution < -0.4 is 5.32 Å². The maximum Gasteiger partial charge on any atom is 0.0364 e. The number of pyridine rings is 1. The maximum absolute atomic E-state index is 4.20. The van der Waals surface area contributed by atoms with Crippen LogP contribution in [0.4, 0.5) is 0 Å². The molecule has 1 unspecified atom stereocenters. The number of likely N-dealkylation sites (N-methyl/N-ethyl adjacent to an activating group) is 1. The quantitative estimate of drug-likeness (QED) is 0.889. The van der Waals surface area contributed by atoms with Crippen LogP contribution in [0.3, 0.4) is 0 Å². The minimum absolute atomic E-state index is 0.350. The summed E-state index contributed by atoms with van der Waals surface area (Å²) in [7, 11) is 0. The van der Waals surface area contributed by atoms with E-state index >= 15 is 0 Å². The van der Waals surface area contributed by atoms with E-state index in [9.17, 15) is 0 Å². The molecule has 0 spiro atoms. The van der Waals surface area contributed by atoms with Crippen LogP contribution in [-0.2, 0) is 6.42 Å². The van der Waals surface area contributed by atoms with E-state index < -0.39 is 0 Å². The lowest BCUT2D eigenvalue weighted by Crippen LogP contribution is -2.24. The van der Waals surface area contributed by atoms with Crippen molar-refractivity contribution in [1.82, 2.24) is 10.3 Å². The maximum atomic E-state index is 4.20. The normalized spacial score (nSPS) is 12.4. The first kappa shape index (κ1) is 14.7. The summed E-state index contributed by atoms with van der Waals surface area (Å²) in [4.78, 5) is 4.20. The van der Waals surface area contributed by atoms with Crippen LogP contribution >= 0.6 is 0 Å².